The van der Waals surface area contributed by atoms with Gasteiger partial charge in [-0.3, -0.25) is 0 Å². The van der Waals surface area contributed by atoms with Gasteiger partial charge in [-0.25, -0.2) is 4.79 Å². The molecule has 98 valence electrons. The van der Waals surface area contributed by atoms with E-state index in [-0.39, 0.29) is 0 Å². The molecule has 0 heterocycles. The number of ether oxygens (including phenoxy) is 1. The van der Waals surface area contributed by atoms with Crippen LogP contribution in [0.1, 0.15) is 31.4 Å². The highest BCUT2D eigenvalue weighted by Gasteiger charge is 2.00. The predicted octanol–water partition coefficient (Wildman–Crippen LogP) is 3.35. The first-order valence-electron chi connectivity index (χ1n) is 6.16. The monoisotopic (exact) mass is 248 g/mol. The minimum atomic E-state index is -0.939. The van der Waals surface area contributed by atoms with Gasteiger partial charge in [0.1, 0.15) is 0 Å². The molecule has 0 radical (unpaired) electrons. The zero-order chi connectivity index (χ0) is 13.4. The van der Waals surface area contributed by atoms with Crippen LogP contribution >= 0.6 is 0 Å². The Labute approximate surface area is 108 Å². The van der Waals surface area contributed by atoms with Gasteiger partial charge in [-0.2, -0.15) is 0 Å². The summed E-state index contributed by atoms with van der Waals surface area (Å²) in [5, 5.41) is 8.62. The highest BCUT2D eigenvalue weighted by atomic mass is 16.5. The number of hydrogen-bond donors (Lipinski definition) is 1. The van der Waals surface area contributed by atoms with Crippen LogP contribution in [0, 0.1) is 5.92 Å². The second kappa shape index (κ2) is 7.67. The molecule has 0 aromatic heterocycles. The molecule has 0 aliphatic carbocycles. The molecule has 3 heteroatoms. The molecule has 0 amide bonds. The van der Waals surface area contributed by atoms with Gasteiger partial charge in [0.05, 0.1) is 6.61 Å². The third-order valence-electron chi connectivity index (χ3n) is 2.56. The molecule has 0 saturated heterocycles. The zero-order valence-electron chi connectivity index (χ0n) is 10.9. The highest BCUT2D eigenvalue weighted by molar-refractivity contribution is 5.85. The van der Waals surface area contributed by atoms with Crippen LogP contribution in [-0.4, -0.2) is 17.7 Å². The molecule has 1 rings (SSSR count). The molecule has 1 aromatic rings. The van der Waals surface area contributed by atoms with Gasteiger partial charge in [0.25, 0.3) is 0 Å². The van der Waals surface area contributed by atoms with Crippen LogP contribution in [0.4, 0.5) is 0 Å². The summed E-state index contributed by atoms with van der Waals surface area (Å²) in [4.78, 5) is 10.5. The number of benzene rings is 1. The average Bonchev–Trinajstić information content (AvgIpc) is 2.33. The van der Waals surface area contributed by atoms with Crippen molar-refractivity contribution < 1.29 is 14.6 Å². The zero-order valence-corrected chi connectivity index (χ0v) is 10.9. The van der Waals surface area contributed by atoms with E-state index in [0.717, 1.165) is 30.2 Å². The van der Waals surface area contributed by atoms with Gasteiger partial charge in [0, 0.05) is 12.7 Å². The largest absolute Gasteiger partial charge is 0.478 e. The molecule has 0 fully saturated rings. The molecule has 0 aliphatic heterocycles. The lowest BCUT2D eigenvalue weighted by molar-refractivity contribution is -0.131. The second-order valence-electron chi connectivity index (χ2n) is 4.61. The van der Waals surface area contributed by atoms with E-state index < -0.39 is 5.97 Å². The van der Waals surface area contributed by atoms with Crippen LogP contribution in [0.15, 0.2) is 30.3 Å². The van der Waals surface area contributed by atoms with Gasteiger partial charge in [-0.1, -0.05) is 38.1 Å². The van der Waals surface area contributed by atoms with E-state index in [1.54, 1.807) is 6.08 Å². The smallest absolute Gasteiger partial charge is 0.328 e. The number of hydrogen-bond acceptors (Lipinski definition) is 2. The summed E-state index contributed by atoms with van der Waals surface area (Å²) < 4.78 is 5.60. The molecule has 0 bridgehead atoms. The topological polar surface area (TPSA) is 46.5 Å². The Balaban J connectivity index is 2.56. The van der Waals surface area contributed by atoms with E-state index in [9.17, 15) is 4.79 Å². The summed E-state index contributed by atoms with van der Waals surface area (Å²) in [6.07, 6.45) is 3.78. The Morgan fingerprint density at radius 2 is 2.11 bits per heavy atom. The molecule has 0 unspecified atom stereocenters. The minimum absolute atomic E-state index is 0.521. The molecule has 0 saturated carbocycles. The first-order valence-corrected chi connectivity index (χ1v) is 6.16. The van der Waals surface area contributed by atoms with Crippen molar-refractivity contribution in [2.45, 2.75) is 26.9 Å². The summed E-state index contributed by atoms with van der Waals surface area (Å²) in [7, 11) is 0. The fraction of sp³-hybridized carbons (Fsp3) is 0.400. The number of carboxylic acids is 1. The Morgan fingerprint density at radius 3 is 2.78 bits per heavy atom. The van der Waals surface area contributed by atoms with Crippen molar-refractivity contribution in [2.75, 3.05) is 6.61 Å². The maximum absolute atomic E-state index is 10.5. The van der Waals surface area contributed by atoms with Crippen LogP contribution < -0.4 is 0 Å². The fourth-order valence-electron chi connectivity index (χ4n) is 1.49. The Kier molecular flexibility index (Phi) is 6.15. The van der Waals surface area contributed by atoms with Gasteiger partial charge < -0.3 is 9.84 Å². The molecular formula is C15H20O3. The quantitative estimate of drug-likeness (QED) is 0.594. The van der Waals surface area contributed by atoms with E-state index in [0.29, 0.717) is 12.5 Å². The molecule has 0 spiro atoms. The minimum Gasteiger partial charge on any atom is -0.478 e. The van der Waals surface area contributed by atoms with Crippen LogP contribution in [0.5, 0.6) is 0 Å². The van der Waals surface area contributed by atoms with Crippen LogP contribution in [0.2, 0.25) is 0 Å². The second-order valence-corrected chi connectivity index (χ2v) is 4.61. The maximum atomic E-state index is 10.5. The lowest BCUT2D eigenvalue weighted by Gasteiger charge is -2.08. The number of rotatable bonds is 7. The molecule has 0 atom stereocenters. The first kappa shape index (κ1) is 14.5. The van der Waals surface area contributed by atoms with Gasteiger partial charge in [0.15, 0.2) is 0 Å². The molecule has 0 aliphatic rings. The predicted molar refractivity (Wildman–Crippen MR) is 72.2 cm³/mol. The normalized spacial score (nSPS) is 11.3. The van der Waals surface area contributed by atoms with Gasteiger partial charge >= 0.3 is 5.97 Å². The standard InChI is InChI=1S/C15H20O3/c1-12(2)9-10-18-11-14-6-4-3-5-13(14)7-8-15(16)17/h3-8,12H,9-11H2,1-2H3,(H,16,17)/b8-7+. The molecule has 18 heavy (non-hydrogen) atoms. The van der Waals surface area contributed by atoms with E-state index >= 15 is 0 Å². The van der Waals surface area contributed by atoms with E-state index in [1.165, 1.54) is 0 Å². The van der Waals surface area contributed by atoms with Crippen molar-refractivity contribution in [1.29, 1.82) is 0 Å². The van der Waals surface area contributed by atoms with Gasteiger partial charge in [-0.15, -0.1) is 0 Å². The molecule has 3 nitrogen and oxygen atoms in total. The number of carboxylic acid groups (broad SMARTS) is 1. The van der Waals surface area contributed by atoms with Crippen molar-refractivity contribution in [3.63, 3.8) is 0 Å². The van der Waals surface area contributed by atoms with Crippen molar-refractivity contribution in [3.8, 4) is 0 Å². The summed E-state index contributed by atoms with van der Waals surface area (Å²) >= 11 is 0. The summed E-state index contributed by atoms with van der Waals surface area (Å²) in [6, 6.07) is 7.66. The first-order chi connectivity index (χ1) is 8.59. The molecule has 1 aromatic carbocycles. The molecular weight excluding hydrogens is 228 g/mol. The van der Waals surface area contributed by atoms with Gasteiger partial charge in [0.2, 0.25) is 0 Å². The van der Waals surface area contributed by atoms with E-state index in [4.69, 9.17) is 9.84 Å². The van der Waals surface area contributed by atoms with Gasteiger partial charge in [-0.05, 0) is 29.5 Å². The highest BCUT2D eigenvalue weighted by Crippen LogP contribution is 2.12. The van der Waals surface area contributed by atoms with E-state index in [2.05, 4.69) is 13.8 Å². The lowest BCUT2D eigenvalue weighted by atomic mass is 10.1. The lowest BCUT2D eigenvalue weighted by Crippen LogP contribution is -2.00. The van der Waals surface area contributed by atoms with Crippen molar-refractivity contribution in [1.82, 2.24) is 0 Å². The van der Waals surface area contributed by atoms with E-state index in [1.807, 2.05) is 24.3 Å². The third kappa shape index (κ3) is 5.64. The third-order valence-corrected chi connectivity index (χ3v) is 2.56. The van der Waals surface area contributed by atoms with Crippen molar-refractivity contribution in [3.05, 3.63) is 41.5 Å². The Bertz CT molecular complexity index is 408. The van der Waals surface area contributed by atoms with Crippen molar-refractivity contribution in [2.24, 2.45) is 5.92 Å². The van der Waals surface area contributed by atoms with Crippen LogP contribution in [0.25, 0.3) is 6.08 Å². The fourth-order valence-corrected chi connectivity index (χ4v) is 1.49. The van der Waals surface area contributed by atoms with Crippen LogP contribution in [-0.2, 0) is 16.1 Å². The number of aliphatic carboxylic acids is 1. The Morgan fingerprint density at radius 1 is 1.39 bits per heavy atom. The Hall–Kier alpha value is -1.61. The maximum Gasteiger partial charge on any atom is 0.328 e. The number of carbonyl (C=O) groups is 1. The summed E-state index contributed by atoms with van der Waals surface area (Å²) in [6.45, 7) is 5.57. The van der Waals surface area contributed by atoms with Crippen molar-refractivity contribution >= 4 is 12.0 Å². The average molecular weight is 248 g/mol. The van der Waals surface area contributed by atoms with Crippen LogP contribution in [0.3, 0.4) is 0 Å². The SMILES string of the molecule is CC(C)CCOCc1ccccc1/C=C/C(=O)O. The summed E-state index contributed by atoms with van der Waals surface area (Å²) in [5.41, 5.74) is 1.91. The molecule has 1 N–H and O–H groups in total. The summed E-state index contributed by atoms with van der Waals surface area (Å²) in [5.74, 6) is -0.308.